The number of pyridine rings is 2. The van der Waals surface area contributed by atoms with Gasteiger partial charge in [0.1, 0.15) is 17.1 Å². The Bertz CT molecular complexity index is 1490. The molecule has 1 saturated heterocycles. The highest BCUT2D eigenvalue weighted by Gasteiger charge is 2.46. The molecule has 1 fully saturated rings. The molecule has 1 N–H and O–H groups in total. The predicted molar refractivity (Wildman–Crippen MR) is 143 cm³/mol. The molecule has 0 saturated carbocycles. The number of amides is 1. The zero-order chi connectivity index (χ0) is 26.6. The second-order valence-electron chi connectivity index (χ2n) is 9.39. The number of carbonyl (C=O) groups is 2. The van der Waals surface area contributed by atoms with E-state index in [1.807, 2.05) is 48.5 Å². The molecule has 1 amide bonds. The number of benzene rings is 1. The molecule has 0 spiro atoms. The SMILES string of the molecule is CCCCCOc1ccc(C2C(=C(O)c3c(C)nc4ccccn34)C(=O)C(=O)N2Cc2cccnc2)cc1. The van der Waals surface area contributed by atoms with Crippen molar-refractivity contribution in [2.75, 3.05) is 6.61 Å². The van der Waals surface area contributed by atoms with Crippen molar-refractivity contribution >= 4 is 23.1 Å². The molecular weight excluding hydrogens is 480 g/mol. The van der Waals surface area contributed by atoms with E-state index in [4.69, 9.17) is 4.74 Å². The number of fused-ring (bicyclic) bond motifs is 1. The number of likely N-dealkylation sites (tertiary alicyclic amines) is 1. The number of ketones is 1. The van der Waals surface area contributed by atoms with Crippen LogP contribution in [-0.4, -0.2) is 42.7 Å². The fraction of sp³-hybridized carbons (Fsp3) is 0.267. The molecule has 0 bridgehead atoms. The van der Waals surface area contributed by atoms with Crippen molar-refractivity contribution in [2.24, 2.45) is 0 Å². The molecule has 8 nitrogen and oxygen atoms in total. The van der Waals surface area contributed by atoms with E-state index in [2.05, 4.69) is 16.9 Å². The van der Waals surface area contributed by atoms with Gasteiger partial charge in [0.15, 0.2) is 5.76 Å². The molecule has 5 rings (SSSR count). The van der Waals surface area contributed by atoms with E-state index in [0.717, 1.165) is 24.8 Å². The van der Waals surface area contributed by atoms with Crippen LogP contribution in [0.5, 0.6) is 5.75 Å². The number of aryl methyl sites for hydroxylation is 1. The second kappa shape index (κ2) is 10.9. The summed E-state index contributed by atoms with van der Waals surface area (Å²) >= 11 is 0. The summed E-state index contributed by atoms with van der Waals surface area (Å²) in [6, 6.07) is 15.7. The molecule has 4 heterocycles. The minimum atomic E-state index is -0.794. The number of hydrogen-bond donors (Lipinski definition) is 1. The van der Waals surface area contributed by atoms with Gasteiger partial charge in [0.05, 0.1) is 23.9 Å². The summed E-state index contributed by atoms with van der Waals surface area (Å²) in [6.45, 7) is 4.71. The topological polar surface area (TPSA) is 97.0 Å². The third-order valence-electron chi connectivity index (χ3n) is 6.76. The van der Waals surface area contributed by atoms with Gasteiger partial charge >= 0.3 is 0 Å². The normalized spacial score (nSPS) is 16.9. The molecule has 1 aliphatic heterocycles. The van der Waals surface area contributed by atoms with Crippen molar-refractivity contribution in [3.05, 3.63) is 101 Å². The summed E-state index contributed by atoms with van der Waals surface area (Å²) < 4.78 is 7.58. The molecule has 3 aromatic heterocycles. The average molecular weight is 511 g/mol. The minimum Gasteiger partial charge on any atom is -0.505 e. The lowest BCUT2D eigenvalue weighted by Gasteiger charge is -2.25. The standard InChI is InChI=1S/C30H30N4O4/c1-3-4-7-17-38-23-13-11-22(12-14-23)27-25(28(35)26-20(2)32-24-10-5-6-16-33(24)26)29(36)30(37)34(27)19-21-9-8-15-31-18-21/h5-6,8-16,18,27,35H,3-4,7,17,19H2,1-2H3. The summed E-state index contributed by atoms with van der Waals surface area (Å²) in [5.74, 6) is -0.946. The summed E-state index contributed by atoms with van der Waals surface area (Å²) in [5, 5.41) is 11.6. The van der Waals surface area contributed by atoms with Gasteiger partial charge in [-0.15, -0.1) is 0 Å². The van der Waals surface area contributed by atoms with Crippen molar-refractivity contribution in [1.29, 1.82) is 0 Å². The van der Waals surface area contributed by atoms with Crippen LogP contribution in [0.15, 0.2) is 78.8 Å². The maximum absolute atomic E-state index is 13.5. The van der Waals surface area contributed by atoms with Gasteiger partial charge in [0.25, 0.3) is 11.7 Å². The van der Waals surface area contributed by atoms with Crippen LogP contribution < -0.4 is 4.74 Å². The van der Waals surface area contributed by atoms with Crippen LogP contribution in [0.4, 0.5) is 0 Å². The van der Waals surface area contributed by atoms with E-state index in [9.17, 15) is 14.7 Å². The average Bonchev–Trinajstić information content (AvgIpc) is 3.40. The molecule has 0 radical (unpaired) electrons. The van der Waals surface area contributed by atoms with Crippen LogP contribution in [0.2, 0.25) is 0 Å². The Balaban J connectivity index is 1.59. The van der Waals surface area contributed by atoms with E-state index < -0.39 is 17.7 Å². The molecule has 38 heavy (non-hydrogen) atoms. The molecule has 1 unspecified atom stereocenters. The second-order valence-corrected chi connectivity index (χ2v) is 9.39. The van der Waals surface area contributed by atoms with Crippen LogP contribution >= 0.6 is 0 Å². The van der Waals surface area contributed by atoms with Gasteiger partial charge in [0, 0.05) is 25.1 Å². The largest absolute Gasteiger partial charge is 0.505 e. The number of aliphatic hydroxyl groups excluding tert-OH is 1. The quantitative estimate of drug-likeness (QED) is 0.143. The third kappa shape index (κ3) is 4.77. The van der Waals surface area contributed by atoms with Crippen LogP contribution in [-0.2, 0) is 16.1 Å². The van der Waals surface area contributed by atoms with Gasteiger partial charge < -0.3 is 14.7 Å². The maximum atomic E-state index is 13.5. The summed E-state index contributed by atoms with van der Waals surface area (Å²) in [5.41, 5.74) is 3.09. The zero-order valence-electron chi connectivity index (χ0n) is 21.5. The highest BCUT2D eigenvalue weighted by Crippen LogP contribution is 2.41. The van der Waals surface area contributed by atoms with Gasteiger partial charge in [-0.05, 0) is 54.8 Å². The molecule has 1 aliphatic rings. The van der Waals surface area contributed by atoms with E-state index in [1.54, 1.807) is 36.0 Å². The number of aliphatic hydroxyl groups is 1. The Labute approximate surface area is 221 Å². The molecule has 8 heteroatoms. The van der Waals surface area contributed by atoms with Crippen LogP contribution in [0.3, 0.4) is 0 Å². The van der Waals surface area contributed by atoms with Crippen LogP contribution in [0, 0.1) is 6.92 Å². The fourth-order valence-corrected chi connectivity index (χ4v) is 4.89. The van der Waals surface area contributed by atoms with Gasteiger partial charge in [-0.2, -0.15) is 0 Å². The van der Waals surface area contributed by atoms with Gasteiger partial charge in [0.2, 0.25) is 0 Å². The number of ether oxygens (including phenoxy) is 1. The Kier molecular flexibility index (Phi) is 7.22. The Hall–Kier alpha value is -4.46. The number of unbranched alkanes of at least 4 members (excludes halogenated alkanes) is 2. The first-order valence-electron chi connectivity index (χ1n) is 12.8. The van der Waals surface area contributed by atoms with Crippen LogP contribution in [0.1, 0.15) is 54.7 Å². The molecule has 1 aromatic carbocycles. The Morgan fingerprint density at radius 2 is 1.87 bits per heavy atom. The Morgan fingerprint density at radius 3 is 2.61 bits per heavy atom. The monoisotopic (exact) mass is 510 g/mol. The number of carbonyl (C=O) groups excluding carboxylic acids is 2. The van der Waals surface area contributed by atoms with E-state index in [0.29, 0.717) is 35.0 Å². The number of hydrogen-bond acceptors (Lipinski definition) is 6. The zero-order valence-corrected chi connectivity index (χ0v) is 21.5. The van der Waals surface area contributed by atoms with Crippen molar-refractivity contribution in [3.63, 3.8) is 0 Å². The number of aromatic nitrogens is 3. The van der Waals surface area contributed by atoms with Crippen LogP contribution in [0.25, 0.3) is 11.4 Å². The first-order valence-corrected chi connectivity index (χ1v) is 12.8. The van der Waals surface area contributed by atoms with Crippen molar-refractivity contribution in [1.82, 2.24) is 19.3 Å². The van der Waals surface area contributed by atoms with E-state index in [-0.39, 0.29) is 17.9 Å². The highest BCUT2D eigenvalue weighted by molar-refractivity contribution is 6.46. The number of Topliss-reactive ketones (excluding diaryl/α,β-unsaturated/α-hetero) is 1. The number of rotatable bonds is 9. The minimum absolute atomic E-state index is 0.0317. The number of imidazole rings is 1. The summed E-state index contributed by atoms with van der Waals surface area (Å²) in [4.78, 5) is 37.0. The fourth-order valence-electron chi connectivity index (χ4n) is 4.89. The molecule has 4 aromatic rings. The first-order chi connectivity index (χ1) is 18.5. The van der Waals surface area contributed by atoms with Crippen molar-refractivity contribution < 1.29 is 19.4 Å². The summed E-state index contributed by atoms with van der Waals surface area (Å²) in [6.07, 6.45) is 8.28. The molecular formula is C30H30N4O4. The Morgan fingerprint density at radius 1 is 1.05 bits per heavy atom. The maximum Gasteiger partial charge on any atom is 0.295 e. The van der Waals surface area contributed by atoms with Crippen molar-refractivity contribution in [2.45, 2.75) is 45.7 Å². The van der Waals surface area contributed by atoms with E-state index >= 15 is 0 Å². The third-order valence-corrected chi connectivity index (χ3v) is 6.76. The molecule has 0 aliphatic carbocycles. The van der Waals surface area contributed by atoms with E-state index in [1.165, 1.54) is 4.90 Å². The predicted octanol–water partition coefficient (Wildman–Crippen LogP) is 5.23. The van der Waals surface area contributed by atoms with Crippen molar-refractivity contribution in [3.8, 4) is 5.75 Å². The smallest absolute Gasteiger partial charge is 0.295 e. The van der Waals surface area contributed by atoms with Gasteiger partial charge in [-0.25, -0.2) is 4.98 Å². The lowest BCUT2D eigenvalue weighted by atomic mass is 9.96. The van der Waals surface area contributed by atoms with Gasteiger partial charge in [-0.1, -0.05) is 44.0 Å². The van der Waals surface area contributed by atoms with Gasteiger partial charge in [-0.3, -0.25) is 19.0 Å². The number of nitrogens with zero attached hydrogens (tertiary/aromatic N) is 4. The highest BCUT2D eigenvalue weighted by atomic mass is 16.5. The first kappa shape index (κ1) is 25.2. The lowest BCUT2D eigenvalue weighted by molar-refractivity contribution is -0.140. The molecule has 194 valence electrons. The molecule has 1 atom stereocenters. The lowest BCUT2D eigenvalue weighted by Crippen LogP contribution is -2.29. The summed E-state index contributed by atoms with van der Waals surface area (Å²) in [7, 11) is 0.